The third kappa shape index (κ3) is 6.32. The Morgan fingerprint density at radius 3 is 2.46 bits per heavy atom. The first-order valence-corrected chi connectivity index (χ1v) is 13.0. The number of hydrogen-bond acceptors (Lipinski definition) is 7. The fraction of sp³-hybridized carbons (Fsp3) is 0.840. The Balaban J connectivity index is 1.58. The Labute approximate surface area is 208 Å². The molecule has 5 N–H and O–H groups in total. The van der Waals surface area contributed by atoms with E-state index in [0.29, 0.717) is 30.4 Å². The highest BCUT2D eigenvalue weighted by atomic mass is 16.7. The fourth-order valence-electron chi connectivity index (χ4n) is 6.24. The number of aliphatic carboxylic acids is 1. The molecular formula is C25H42BN3O6. The van der Waals surface area contributed by atoms with Gasteiger partial charge in [-0.2, -0.15) is 0 Å². The average Bonchev–Trinajstić information content (AvgIpc) is 3.14. The molecule has 0 aromatic rings. The van der Waals surface area contributed by atoms with Crippen LogP contribution >= 0.6 is 0 Å². The van der Waals surface area contributed by atoms with Crippen LogP contribution in [0.2, 0.25) is 0 Å². The Kier molecular flexibility index (Phi) is 8.81. The van der Waals surface area contributed by atoms with E-state index < -0.39 is 19.1 Å². The highest BCUT2D eigenvalue weighted by Crippen LogP contribution is 2.65. The number of unbranched alkanes of at least 4 members (excludes halogenated alkanes) is 1. The summed E-state index contributed by atoms with van der Waals surface area (Å²) in [4.78, 5) is 35.7. The van der Waals surface area contributed by atoms with E-state index >= 15 is 0 Å². The lowest BCUT2D eigenvalue weighted by Gasteiger charge is -2.64. The van der Waals surface area contributed by atoms with Crippen molar-refractivity contribution in [3.8, 4) is 0 Å². The van der Waals surface area contributed by atoms with Crippen molar-refractivity contribution in [2.45, 2.75) is 116 Å². The number of nitrogens with one attached hydrogen (secondary N) is 2. The van der Waals surface area contributed by atoms with E-state index in [-0.39, 0.29) is 60.4 Å². The molecule has 0 aromatic heterocycles. The molecule has 3 saturated carbocycles. The minimum Gasteiger partial charge on any atom is -0.481 e. The van der Waals surface area contributed by atoms with Gasteiger partial charge in [-0.05, 0) is 69.6 Å². The lowest BCUT2D eigenvalue weighted by atomic mass is 9.43. The second kappa shape index (κ2) is 11.1. The summed E-state index contributed by atoms with van der Waals surface area (Å²) in [7, 11) is -0.543. The third-order valence-corrected chi connectivity index (χ3v) is 8.64. The standard InChI is InChI=1S/C25H42BN3O6/c1-15(27)7-5-6-8-21(29-22(31)11-10-18(30)17(28)9-12-23(32)33)26-34-20-14-16-13-19(24(16,2)3)25(20,4)35-26/h16-17,19-21,27H,5-14,28H2,1-4H3,(H,29,31)(H,32,33)/t16-,17-,19-,20?,21-,25-/m0/s1. The number of rotatable bonds is 14. The van der Waals surface area contributed by atoms with Crippen LogP contribution in [0.1, 0.15) is 91.9 Å². The zero-order valence-corrected chi connectivity index (χ0v) is 21.6. The van der Waals surface area contributed by atoms with Crippen LogP contribution in [0.15, 0.2) is 0 Å². The van der Waals surface area contributed by atoms with Gasteiger partial charge in [-0.1, -0.05) is 20.3 Å². The molecule has 2 bridgehead atoms. The number of carbonyl (C=O) groups is 3. The summed E-state index contributed by atoms with van der Waals surface area (Å²) >= 11 is 0. The summed E-state index contributed by atoms with van der Waals surface area (Å²) in [6, 6.07) is -0.876. The molecule has 4 rings (SSSR count). The van der Waals surface area contributed by atoms with Crippen LogP contribution in [-0.4, -0.2) is 59.3 Å². The molecule has 4 fully saturated rings. The quantitative estimate of drug-likeness (QED) is 0.166. The van der Waals surface area contributed by atoms with Crippen LogP contribution < -0.4 is 11.1 Å². The molecule has 9 nitrogen and oxygen atoms in total. The Hall–Kier alpha value is -1.78. The summed E-state index contributed by atoms with van der Waals surface area (Å²) in [5.74, 6) is -0.869. The average molecular weight is 491 g/mol. The zero-order chi connectivity index (χ0) is 26.0. The summed E-state index contributed by atoms with van der Waals surface area (Å²) in [6.07, 6.45) is 5.02. The second-order valence-electron chi connectivity index (χ2n) is 11.5. The monoisotopic (exact) mass is 491 g/mol. The molecule has 1 aliphatic heterocycles. The van der Waals surface area contributed by atoms with Crippen LogP contribution in [0.5, 0.6) is 0 Å². The maximum absolute atomic E-state index is 12.8. The first kappa shape index (κ1) is 27.8. The zero-order valence-electron chi connectivity index (χ0n) is 21.6. The minimum absolute atomic E-state index is 0.0130. The maximum Gasteiger partial charge on any atom is 0.481 e. The van der Waals surface area contributed by atoms with Crippen LogP contribution in [0.3, 0.4) is 0 Å². The van der Waals surface area contributed by atoms with E-state index in [2.05, 4.69) is 26.1 Å². The van der Waals surface area contributed by atoms with Crippen LogP contribution in [-0.2, 0) is 23.7 Å². The van der Waals surface area contributed by atoms with E-state index in [1.165, 1.54) is 0 Å². The highest BCUT2D eigenvalue weighted by Gasteiger charge is 2.68. The molecule has 3 aliphatic carbocycles. The predicted molar refractivity (Wildman–Crippen MR) is 133 cm³/mol. The Morgan fingerprint density at radius 2 is 1.83 bits per heavy atom. The Morgan fingerprint density at radius 1 is 1.11 bits per heavy atom. The van der Waals surface area contributed by atoms with Crippen LogP contribution in [0, 0.1) is 22.7 Å². The van der Waals surface area contributed by atoms with E-state index in [9.17, 15) is 14.4 Å². The largest absolute Gasteiger partial charge is 0.481 e. The molecule has 1 amide bonds. The van der Waals surface area contributed by atoms with Crippen molar-refractivity contribution in [1.82, 2.24) is 5.32 Å². The number of hydrogen-bond donors (Lipinski definition) is 4. The molecule has 196 valence electrons. The lowest BCUT2D eigenvalue weighted by Crippen LogP contribution is -2.65. The van der Waals surface area contributed by atoms with E-state index in [1.807, 2.05) is 0 Å². The molecular weight excluding hydrogens is 449 g/mol. The van der Waals surface area contributed by atoms with Gasteiger partial charge >= 0.3 is 13.1 Å². The smallest absolute Gasteiger partial charge is 0.481 e. The molecule has 0 aromatic carbocycles. The normalized spacial score (nSPS) is 30.1. The highest BCUT2D eigenvalue weighted by molar-refractivity contribution is 6.47. The van der Waals surface area contributed by atoms with Crippen molar-refractivity contribution in [2.75, 3.05) is 0 Å². The van der Waals surface area contributed by atoms with Crippen molar-refractivity contribution in [3.63, 3.8) is 0 Å². The third-order valence-electron chi connectivity index (χ3n) is 8.64. The van der Waals surface area contributed by atoms with Gasteiger partial charge < -0.3 is 30.9 Å². The molecule has 0 radical (unpaired) electrons. The lowest BCUT2D eigenvalue weighted by molar-refractivity contribution is -0.199. The van der Waals surface area contributed by atoms with Crippen molar-refractivity contribution in [2.24, 2.45) is 23.0 Å². The second-order valence-corrected chi connectivity index (χ2v) is 11.5. The number of Topliss-reactive ketones (excluding diaryl/α,β-unsaturated/α-hetero) is 1. The molecule has 4 aliphatic rings. The fourth-order valence-corrected chi connectivity index (χ4v) is 6.24. The first-order chi connectivity index (χ1) is 16.3. The summed E-state index contributed by atoms with van der Waals surface area (Å²) in [5, 5.41) is 19.4. The first-order valence-electron chi connectivity index (χ1n) is 13.0. The number of nitrogens with two attached hydrogens (primary N) is 1. The minimum atomic E-state index is -1.00. The van der Waals surface area contributed by atoms with Gasteiger partial charge in [0.1, 0.15) is 5.78 Å². The van der Waals surface area contributed by atoms with Crippen LogP contribution in [0.25, 0.3) is 0 Å². The number of amides is 1. The van der Waals surface area contributed by atoms with Gasteiger partial charge in [0, 0.05) is 25.0 Å². The van der Waals surface area contributed by atoms with Gasteiger partial charge in [0.15, 0.2) is 0 Å². The molecule has 6 atom stereocenters. The van der Waals surface area contributed by atoms with Crippen molar-refractivity contribution >= 4 is 30.5 Å². The van der Waals surface area contributed by atoms with Gasteiger partial charge in [-0.3, -0.25) is 14.4 Å². The van der Waals surface area contributed by atoms with Crippen molar-refractivity contribution in [1.29, 1.82) is 5.41 Å². The SMILES string of the molecule is CC(=N)CCCC[C@H](NC(=O)CCC(=O)[C@@H](N)CCC(=O)O)B1OC2C[C@@H]3C[C@@H](C3(C)C)[C@]2(C)O1. The Bertz CT molecular complexity index is 836. The number of ketones is 1. The van der Waals surface area contributed by atoms with E-state index in [1.54, 1.807) is 6.92 Å². The van der Waals surface area contributed by atoms with E-state index in [0.717, 1.165) is 25.7 Å². The van der Waals surface area contributed by atoms with Crippen molar-refractivity contribution in [3.05, 3.63) is 0 Å². The molecule has 1 unspecified atom stereocenters. The van der Waals surface area contributed by atoms with Gasteiger partial charge in [-0.15, -0.1) is 0 Å². The molecule has 1 heterocycles. The molecule has 0 spiro atoms. The maximum atomic E-state index is 12.8. The van der Waals surface area contributed by atoms with E-state index in [4.69, 9.17) is 25.6 Å². The summed E-state index contributed by atoms with van der Waals surface area (Å²) in [5.41, 5.74) is 6.27. The summed E-state index contributed by atoms with van der Waals surface area (Å²) in [6.45, 7) is 8.55. The predicted octanol–water partition coefficient (Wildman–Crippen LogP) is 2.88. The van der Waals surface area contributed by atoms with Gasteiger partial charge in [0.25, 0.3) is 0 Å². The number of carboxylic acid groups (broad SMARTS) is 1. The number of carboxylic acids is 1. The van der Waals surface area contributed by atoms with Gasteiger partial charge in [0.2, 0.25) is 5.91 Å². The number of carbonyl (C=O) groups excluding carboxylic acids is 2. The molecule has 1 saturated heterocycles. The molecule has 35 heavy (non-hydrogen) atoms. The summed E-state index contributed by atoms with van der Waals surface area (Å²) < 4.78 is 13.0. The van der Waals surface area contributed by atoms with Crippen LogP contribution in [0.4, 0.5) is 0 Å². The molecule has 10 heteroatoms. The van der Waals surface area contributed by atoms with Crippen molar-refractivity contribution < 1.29 is 28.8 Å². The van der Waals surface area contributed by atoms with Gasteiger partial charge in [0.05, 0.1) is 23.7 Å². The van der Waals surface area contributed by atoms with Gasteiger partial charge in [-0.25, -0.2) is 0 Å². The topological polar surface area (TPSA) is 152 Å².